The number of rotatable bonds is 4. The molecule has 0 amide bonds. The van der Waals surface area contributed by atoms with Crippen LogP contribution >= 0.6 is 15.9 Å². The molecule has 0 aliphatic heterocycles. The van der Waals surface area contributed by atoms with E-state index in [4.69, 9.17) is 0 Å². The molecule has 0 fully saturated rings. The second-order valence-corrected chi connectivity index (χ2v) is 4.45. The summed E-state index contributed by atoms with van der Waals surface area (Å²) in [5.41, 5.74) is 2.64. The van der Waals surface area contributed by atoms with Crippen molar-refractivity contribution in [2.75, 3.05) is 6.54 Å². The SMILES string of the molecule is CCCNC(C)c1cccc(C)c1Br. The van der Waals surface area contributed by atoms with Crippen LogP contribution in [-0.4, -0.2) is 6.54 Å². The smallest absolute Gasteiger partial charge is 0.0303 e. The predicted molar refractivity (Wildman–Crippen MR) is 65.6 cm³/mol. The molecule has 0 saturated heterocycles. The van der Waals surface area contributed by atoms with Crippen molar-refractivity contribution in [3.05, 3.63) is 33.8 Å². The van der Waals surface area contributed by atoms with Gasteiger partial charge in [-0.2, -0.15) is 0 Å². The molecular formula is C12H18BrN. The van der Waals surface area contributed by atoms with Gasteiger partial charge in [0.15, 0.2) is 0 Å². The Bertz CT molecular complexity index is 296. The summed E-state index contributed by atoms with van der Waals surface area (Å²) in [6, 6.07) is 6.83. The quantitative estimate of drug-likeness (QED) is 0.863. The molecule has 0 saturated carbocycles. The molecule has 1 atom stereocenters. The third kappa shape index (κ3) is 2.82. The van der Waals surface area contributed by atoms with E-state index in [0.717, 1.165) is 6.54 Å². The Balaban J connectivity index is 2.79. The van der Waals surface area contributed by atoms with Gasteiger partial charge in [0.05, 0.1) is 0 Å². The van der Waals surface area contributed by atoms with Crippen LogP contribution in [0.2, 0.25) is 0 Å². The standard InChI is InChI=1S/C12H18BrN/c1-4-8-14-10(3)11-7-5-6-9(2)12(11)13/h5-7,10,14H,4,8H2,1-3H3. The number of nitrogens with one attached hydrogen (secondary N) is 1. The minimum atomic E-state index is 0.421. The van der Waals surface area contributed by atoms with Gasteiger partial charge in [-0.25, -0.2) is 0 Å². The van der Waals surface area contributed by atoms with Crippen molar-refractivity contribution in [1.82, 2.24) is 5.32 Å². The van der Waals surface area contributed by atoms with Gasteiger partial charge in [-0.05, 0) is 37.9 Å². The Labute approximate surface area is 95.0 Å². The molecule has 1 aromatic rings. The molecule has 0 aliphatic carbocycles. The molecule has 1 N–H and O–H groups in total. The van der Waals surface area contributed by atoms with E-state index in [9.17, 15) is 0 Å². The minimum Gasteiger partial charge on any atom is -0.310 e. The van der Waals surface area contributed by atoms with E-state index in [-0.39, 0.29) is 0 Å². The summed E-state index contributed by atoms with van der Waals surface area (Å²) in [7, 11) is 0. The zero-order valence-corrected chi connectivity index (χ0v) is 10.7. The number of hydrogen-bond donors (Lipinski definition) is 1. The lowest BCUT2D eigenvalue weighted by Crippen LogP contribution is -2.19. The van der Waals surface area contributed by atoms with Crippen molar-refractivity contribution < 1.29 is 0 Å². The zero-order valence-electron chi connectivity index (χ0n) is 9.10. The van der Waals surface area contributed by atoms with Crippen LogP contribution in [-0.2, 0) is 0 Å². The predicted octanol–water partition coefficient (Wildman–Crippen LogP) is 3.82. The van der Waals surface area contributed by atoms with Crippen LogP contribution < -0.4 is 5.32 Å². The Morgan fingerprint density at radius 1 is 1.43 bits per heavy atom. The lowest BCUT2D eigenvalue weighted by Gasteiger charge is -2.16. The summed E-state index contributed by atoms with van der Waals surface area (Å²) in [6.45, 7) is 7.59. The van der Waals surface area contributed by atoms with Crippen LogP contribution in [0.1, 0.15) is 37.4 Å². The lowest BCUT2D eigenvalue weighted by atomic mass is 10.1. The molecule has 0 bridgehead atoms. The average Bonchev–Trinajstić information content (AvgIpc) is 2.18. The third-order valence-corrected chi connectivity index (χ3v) is 3.47. The van der Waals surface area contributed by atoms with E-state index in [2.05, 4.69) is 60.2 Å². The first-order valence-corrected chi connectivity index (χ1v) is 5.94. The van der Waals surface area contributed by atoms with Crippen molar-refractivity contribution in [3.63, 3.8) is 0 Å². The average molecular weight is 256 g/mol. The monoisotopic (exact) mass is 255 g/mol. The Hall–Kier alpha value is -0.340. The van der Waals surface area contributed by atoms with Crippen LogP contribution in [0.4, 0.5) is 0 Å². The second-order valence-electron chi connectivity index (χ2n) is 3.65. The van der Waals surface area contributed by atoms with E-state index in [1.54, 1.807) is 0 Å². The summed E-state index contributed by atoms with van der Waals surface area (Å²) in [5.74, 6) is 0. The van der Waals surface area contributed by atoms with Gasteiger partial charge in [0.1, 0.15) is 0 Å². The highest BCUT2D eigenvalue weighted by Gasteiger charge is 2.08. The summed E-state index contributed by atoms with van der Waals surface area (Å²) in [6.07, 6.45) is 1.17. The lowest BCUT2D eigenvalue weighted by molar-refractivity contribution is 0.568. The number of hydrogen-bond acceptors (Lipinski definition) is 1. The van der Waals surface area contributed by atoms with Gasteiger partial charge < -0.3 is 5.32 Å². The molecule has 2 heteroatoms. The van der Waals surface area contributed by atoms with Crippen LogP contribution in [0.5, 0.6) is 0 Å². The van der Waals surface area contributed by atoms with E-state index in [1.807, 2.05) is 0 Å². The van der Waals surface area contributed by atoms with Crippen molar-refractivity contribution in [2.24, 2.45) is 0 Å². The summed E-state index contributed by atoms with van der Waals surface area (Å²) in [4.78, 5) is 0. The van der Waals surface area contributed by atoms with Crippen molar-refractivity contribution in [1.29, 1.82) is 0 Å². The first-order valence-electron chi connectivity index (χ1n) is 5.15. The van der Waals surface area contributed by atoms with Crippen molar-refractivity contribution in [2.45, 2.75) is 33.2 Å². The fourth-order valence-corrected chi connectivity index (χ4v) is 2.08. The highest BCUT2D eigenvalue weighted by molar-refractivity contribution is 9.10. The summed E-state index contributed by atoms with van der Waals surface area (Å²) >= 11 is 3.63. The molecule has 1 aromatic carbocycles. The van der Waals surface area contributed by atoms with E-state index >= 15 is 0 Å². The van der Waals surface area contributed by atoms with E-state index in [1.165, 1.54) is 22.0 Å². The maximum Gasteiger partial charge on any atom is 0.0303 e. The van der Waals surface area contributed by atoms with Gasteiger partial charge in [0.25, 0.3) is 0 Å². The van der Waals surface area contributed by atoms with Gasteiger partial charge in [-0.15, -0.1) is 0 Å². The first-order chi connectivity index (χ1) is 6.66. The Kier molecular flexibility index (Phi) is 4.63. The van der Waals surface area contributed by atoms with Gasteiger partial charge in [0, 0.05) is 10.5 Å². The topological polar surface area (TPSA) is 12.0 Å². The molecule has 0 spiro atoms. The van der Waals surface area contributed by atoms with Gasteiger partial charge in [-0.3, -0.25) is 0 Å². The molecule has 1 unspecified atom stereocenters. The van der Waals surface area contributed by atoms with Gasteiger partial charge in [0.2, 0.25) is 0 Å². The van der Waals surface area contributed by atoms with Crippen molar-refractivity contribution >= 4 is 15.9 Å². The molecule has 0 heterocycles. The number of benzene rings is 1. The summed E-state index contributed by atoms with van der Waals surface area (Å²) in [5, 5.41) is 3.49. The first kappa shape index (κ1) is 11.7. The van der Waals surface area contributed by atoms with Crippen LogP contribution in [0.25, 0.3) is 0 Å². The van der Waals surface area contributed by atoms with E-state index < -0.39 is 0 Å². The van der Waals surface area contributed by atoms with Crippen LogP contribution in [0.3, 0.4) is 0 Å². The molecule has 0 aromatic heterocycles. The Morgan fingerprint density at radius 2 is 2.14 bits per heavy atom. The molecule has 14 heavy (non-hydrogen) atoms. The highest BCUT2D eigenvalue weighted by atomic mass is 79.9. The van der Waals surface area contributed by atoms with Gasteiger partial charge in [-0.1, -0.05) is 41.1 Å². The van der Waals surface area contributed by atoms with Crippen molar-refractivity contribution in [3.8, 4) is 0 Å². The fraction of sp³-hybridized carbons (Fsp3) is 0.500. The fourth-order valence-electron chi connectivity index (χ4n) is 1.48. The molecule has 1 rings (SSSR count). The van der Waals surface area contributed by atoms with Crippen LogP contribution in [0.15, 0.2) is 22.7 Å². The molecule has 0 radical (unpaired) electrons. The molecule has 1 nitrogen and oxygen atoms in total. The third-order valence-electron chi connectivity index (χ3n) is 2.39. The Morgan fingerprint density at radius 3 is 2.79 bits per heavy atom. The maximum atomic E-state index is 3.63. The summed E-state index contributed by atoms with van der Waals surface area (Å²) < 4.78 is 1.23. The highest BCUT2D eigenvalue weighted by Crippen LogP contribution is 2.26. The minimum absolute atomic E-state index is 0.421. The largest absolute Gasteiger partial charge is 0.310 e. The number of halogens is 1. The molecule has 78 valence electrons. The second kappa shape index (κ2) is 5.52. The normalized spacial score (nSPS) is 12.9. The maximum absolute atomic E-state index is 3.63. The van der Waals surface area contributed by atoms with E-state index in [0.29, 0.717) is 6.04 Å². The van der Waals surface area contributed by atoms with Crippen LogP contribution in [0, 0.1) is 6.92 Å². The number of aryl methyl sites for hydroxylation is 1. The van der Waals surface area contributed by atoms with Gasteiger partial charge >= 0.3 is 0 Å². The molecule has 0 aliphatic rings. The zero-order chi connectivity index (χ0) is 10.6. The molecular weight excluding hydrogens is 238 g/mol.